The van der Waals surface area contributed by atoms with Gasteiger partial charge in [-0.15, -0.1) is 0 Å². The predicted octanol–water partition coefficient (Wildman–Crippen LogP) is 3.99. The van der Waals surface area contributed by atoms with E-state index in [1.807, 2.05) is 48.8 Å². The molecule has 34 heavy (non-hydrogen) atoms. The van der Waals surface area contributed by atoms with Crippen LogP contribution in [0, 0.1) is 5.92 Å². The quantitative estimate of drug-likeness (QED) is 0.660. The molecule has 1 aromatic rings. The van der Waals surface area contributed by atoms with Crippen LogP contribution in [-0.2, 0) is 22.5 Å². The molecule has 7 nitrogen and oxygen atoms in total. The maximum Gasteiger partial charge on any atom is 0.410 e. The van der Waals surface area contributed by atoms with Crippen LogP contribution in [0.15, 0.2) is 18.2 Å². The van der Waals surface area contributed by atoms with Gasteiger partial charge in [-0.25, -0.2) is 4.79 Å². The number of fused-ring (bicyclic) bond motifs is 3. The van der Waals surface area contributed by atoms with Gasteiger partial charge in [0.05, 0.1) is 12.1 Å². The monoisotopic (exact) mass is 467 g/mol. The molecule has 2 bridgehead atoms. The SMILES string of the molecule is CC(C)(C)OC(=O)N1CC2CC1CN2C(=O)c1ccc2c(c1)CCN(C(=O)C1CCCCC1)C2. The summed E-state index contributed by atoms with van der Waals surface area (Å²) in [5, 5.41) is 0. The summed E-state index contributed by atoms with van der Waals surface area (Å²) in [5.74, 6) is 0.551. The Kier molecular flexibility index (Phi) is 6.07. The maximum absolute atomic E-state index is 13.3. The van der Waals surface area contributed by atoms with Gasteiger partial charge >= 0.3 is 6.09 Å². The molecule has 5 rings (SSSR count). The molecule has 0 radical (unpaired) electrons. The molecule has 7 heteroatoms. The molecule has 3 aliphatic heterocycles. The zero-order chi connectivity index (χ0) is 24.0. The second-order valence-electron chi connectivity index (χ2n) is 11.5. The van der Waals surface area contributed by atoms with E-state index in [0.29, 0.717) is 31.1 Å². The van der Waals surface area contributed by atoms with Crippen molar-refractivity contribution in [3.8, 4) is 0 Å². The fourth-order valence-corrected chi connectivity index (χ4v) is 6.11. The van der Waals surface area contributed by atoms with Crippen LogP contribution in [0.1, 0.15) is 80.8 Å². The van der Waals surface area contributed by atoms with Crippen LogP contribution in [0.3, 0.4) is 0 Å². The van der Waals surface area contributed by atoms with Crippen LogP contribution in [0.2, 0.25) is 0 Å². The Balaban J connectivity index is 1.21. The number of ether oxygens (including phenoxy) is 1. The summed E-state index contributed by atoms with van der Waals surface area (Å²) in [4.78, 5) is 44.5. The van der Waals surface area contributed by atoms with Gasteiger partial charge in [-0.3, -0.25) is 9.59 Å². The van der Waals surface area contributed by atoms with Crippen molar-refractivity contribution in [3.05, 3.63) is 34.9 Å². The number of benzene rings is 1. The summed E-state index contributed by atoms with van der Waals surface area (Å²) >= 11 is 0. The topological polar surface area (TPSA) is 70.2 Å². The van der Waals surface area contributed by atoms with Gasteiger partial charge in [-0.05, 0) is 69.7 Å². The van der Waals surface area contributed by atoms with Gasteiger partial charge in [-0.1, -0.05) is 25.3 Å². The number of rotatable bonds is 2. The molecule has 1 aromatic carbocycles. The molecule has 3 heterocycles. The second kappa shape index (κ2) is 8.90. The van der Waals surface area contributed by atoms with Crippen LogP contribution in [0.5, 0.6) is 0 Å². The minimum Gasteiger partial charge on any atom is -0.444 e. The first-order valence-corrected chi connectivity index (χ1v) is 12.9. The van der Waals surface area contributed by atoms with E-state index < -0.39 is 5.60 Å². The Morgan fingerprint density at radius 3 is 2.32 bits per heavy atom. The number of carbonyl (C=O) groups excluding carboxylic acids is 3. The lowest BCUT2D eigenvalue weighted by Crippen LogP contribution is -2.51. The summed E-state index contributed by atoms with van der Waals surface area (Å²) < 4.78 is 5.54. The second-order valence-corrected chi connectivity index (χ2v) is 11.5. The standard InChI is InChI=1S/C27H37N3O4/c1-27(2,3)34-26(33)30-17-22-14-23(30)16-29(22)25(32)20-9-10-21-15-28(12-11-19(21)13-20)24(31)18-7-5-4-6-8-18/h9-10,13,18,22-23H,4-8,11-12,14-17H2,1-3H3. The van der Waals surface area contributed by atoms with E-state index in [0.717, 1.165) is 37.8 Å². The van der Waals surface area contributed by atoms with Gasteiger partial charge in [0.25, 0.3) is 5.91 Å². The van der Waals surface area contributed by atoms with Crippen molar-refractivity contribution in [2.45, 2.75) is 89.9 Å². The molecule has 4 aliphatic rings. The molecule has 0 N–H and O–H groups in total. The minimum atomic E-state index is -0.520. The molecular weight excluding hydrogens is 430 g/mol. The minimum absolute atomic E-state index is 0.0285. The summed E-state index contributed by atoms with van der Waals surface area (Å²) in [6.07, 6.45) is 6.97. The Bertz CT molecular complexity index is 979. The lowest BCUT2D eigenvalue weighted by molar-refractivity contribution is -0.137. The van der Waals surface area contributed by atoms with Gasteiger partial charge in [0.1, 0.15) is 5.60 Å². The van der Waals surface area contributed by atoms with Gasteiger partial charge < -0.3 is 19.4 Å². The van der Waals surface area contributed by atoms with Crippen molar-refractivity contribution in [1.82, 2.24) is 14.7 Å². The highest BCUT2D eigenvalue weighted by molar-refractivity contribution is 5.95. The fourth-order valence-electron chi connectivity index (χ4n) is 6.11. The Morgan fingerprint density at radius 1 is 0.941 bits per heavy atom. The van der Waals surface area contributed by atoms with E-state index in [-0.39, 0.29) is 30.0 Å². The number of amides is 3. The molecule has 0 spiro atoms. The van der Waals surface area contributed by atoms with E-state index in [1.54, 1.807) is 4.90 Å². The smallest absolute Gasteiger partial charge is 0.410 e. The van der Waals surface area contributed by atoms with Crippen molar-refractivity contribution in [3.63, 3.8) is 0 Å². The predicted molar refractivity (Wildman–Crippen MR) is 128 cm³/mol. The zero-order valence-corrected chi connectivity index (χ0v) is 20.7. The Hall–Kier alpha value is -2.57. The first-order valence-electron chi connectivity index (χ1n) is 12.9. The summed E-state index contributed by atoms with van der Waals surface area (Å²) in [7, 11) is 0. The molecule has 2 unspecified atom stereocenters. The molecule has 3 amide bonds. The third-order valence-corrected chi connectivity index (χ3v) is 7.86. The molecule has 0 aromatic heterocycles. The Morgan fingerprint density at radius 2 is 1.65 bits per heavy atom. The van der Waals surface area contributed by atoms with Crippen LogP contribution in [-0.4, -0.2) is 69.9 Å². The Labute approximate surface area is 202 Å². The largest absolute Gasteiger partial charge is 0.444 e. The van der Waals surface area contributed by atoms with Gasteiger partial charge in [0, 0.05) is 37.7 Å². The lowest BCUT2D eigenvalue weighted by atomic mass is 9.87. The van der Waals surface area contributed by atoms with Crippen molar-refractivity contribution < 1.29 is 19.1 Å². The average molecular weight is 468 g/mol. The van der Waals surface area contributed by atoms with Crippen molar-refractivity contribution in [2.24, 2.45) is 5.92 Å². The number of carbonyl (C=O) groups is 3. The van der Waals surface area contributed by atoms with Crippen LogP contribution >= 0.6 is 0 Å². The normalized spacial score (nSPS) is 24.9. The zero-order valence-electron chi connectivity index (χ0n) is 20.7. The number of likely N-dealkylation sites (tertiary alicyclic amines) is 2. The average Bonchev–Trinajstić information content (AvgIpc) is 3.43. The first-order chi connectivity index (χ1) is 16.2. The third-order valence-electron chi connectivity index (χ3n) is 7.86. The first kappa shape index (κ1) is 23.2. The molecule has 1 saturated carbocycles. The van der Waals surface area contributed by atoms with Gasteiger partial charge in [0.15, 0.2) is 0 Å². The van der Waals surface area contributed by atoms with Gasteiger partial charge in [-0.2, -0.15) is 0 Å². The fraction of sp³-hybridized carbons (Fsp3) is 0.667. The maximum atomic E-state index is 13.3. The molecule has 3 fully saturated rings. The number of piperazine rings is 1. The lowest BCUT2D eigenvalue weighted by Gasteiger charge is -2.35. The molecular formula is C27H37N3O4. The highest BCUT2D eigenvalue weighted by Gasteiger charge is 2.48. The number of hydrogen-bond acceptors (Lipinski definition) is 4. The van der Waals surface area contributed by atoms with E-state index in [4.69, 9.17) is 4.74 Å². The van der Waals surface area contributed by atoms with Crippen LogP contribution in [0.4, 0.5) is 4.79 Å². The summed E-state index contributed by atoms with van der Waals surface area (Å²) in [5.41, 5.74) is 2.53. The van der Waals surface area contributed by atoms with E-state index in [9.17, 15) is 14.4 Å². The van der Waals surface area contributed by atoms with E-state index in [1.165, 1.54) is 24.8 Å². The van der Waals surface area contributed by atoms with Crippen molar-refractivity contribution in [2.75, 3.05) is 19.6 Å². The van der Waals surface area contributed by atoms with E-state index >= 15 is 0 Å². The molecule has 1 aliphatic carbocycles. The molecule has 184 valence electrons. The highest BCUT2D eigenvalue weighted by Crippen LogP contribution is 2.34. The summed E-state index contributed by atoms with van der Waals surface area (Å²) in [6, 6.07) is 6.04. The molecule has 2 atom stereocenters. The number of nitrogens with zero attached hydrogens (tertiary/aromatic N) is 3. The van der Waals surface area contributed by atoms with Crippen molar-refractivity contribution in [1.29, 1.82) is 0 Å². The van der Waals surface area contributed by atoms with Gasteiger partial charge in [0.2, 0.25) is 5.91 Å². The van der Waals surface area contributed by atoms with Crippen molar-refractivity contribution >= 4 is 17.9 Å². The van der Waals surface area contributed by atoms with Crippen LogP contribution in [0.25, 0.3) is 0 Å². The van der Waals surface area contributed by atoms with E-state index in [2.05, 4.69) is 0 Å². The summed E-state index contributed by atoms with van der Waals surface area (Å²) in [6.45, 7) is 8.10. The third kappa shape index (κ3) is 4.53. The highest BCUT2D eigenvalue weighted by atomic mass is 16.6. The number of hydrogen-bond donors (Lipinski definition) is 0. The van der Waals surface area contributed by atoms with Crippen LogP contribution < -0.4 is 0 Å². The molecule has 2 saturated heterocycles.